The van der Waals surface area contributed by atoms with Crippen LogP contribution in [0.2, 0.25) is 0 Å². The molecule has 0 aromatic carbocycles. The van der Waals surface area contributed by atoms with Crippen LogP contribution in [0.25, 0.3) is 11.6 Å². The summed E-state index contributed by atoms with van der Waals surface area (Å²) in [4.78, 5) is 10.9. The molecule has 0 fully saturated rings. The first-order valence-corrected chi connectivity index (χ1v) is 9.37. The highest BCUT2D eigenvalue weighted by Gasteiger charge is 2.15. The van der Waals surface area contributed by atoms with Gasteiger partial charge in [-0.05, 0) is 18.1 Å². The number of aromatic nitrogens is 5. The first kappa shape index (κ1) is 22.9. The van der Waals surface area contributed by atoms with Crippen LogP contribution in [0, 0.1) is 0 Å². The lowest BCUT2D eigenvalue weighted by molar-refractivity contribution is 0.473. The molecule has 10 heteroatoms. The van der Waals surface area contributed by atoms with Crippen LogP contribution >= 0.6 is 24.0 Å². The van der Waals surface area contributed by atoms with E-state index in [1.165, 1.54) is 5.56 Å². The number of H-pyrrole nitrogens is 1. The molecule has 0 spiro atoms. The second-order valence-corrected chi connectivity index (χ2v) is 7.03. The standard InChI is InChI=1S/C19H28N8O.HI/c1-13(2)17-14(12-27(5)25-17)11-26(4)19(20-3)21-9-8-16-22-18(24-23-16)15-7-6-10-28-15;/h6-7,10,12-13H,8-9,11H2,1-5H3,(H,20,21)(H,22,23,24);1H. The van der Waals surface area contributed by atoms with Crippen molar-refractivity contribution in [3.05, 3.63) is 41.7 Å². The number of aromatic amines is 1. The minimum absolute atomic E-state index is 0. The quantitative estimate of drug-likeness (QED) is 0.287. The van der Waals surface area contributed by atoms with E-state index in [0.717, 1.165) is 24.0 Å². The Kier molecular flexibility index (Phi) is 8.23. The summed E-state index contributed by atoms with van der Waals surface area (Å²) in [5, 5.41) is 15.1. The highest BCUT2D eigenvalue weighted by atomic mass is 127. The number of hydrogen-bond donors (Lipinski definition) is 2. The van der Waals surface area contributed by atoms with Crippen LogP contribution in [0.15, 0.2) is 34.0 Å². The highest BCUT2D eigenvalue weighted by molar-refractivity contribution is 14.0. The maximum Gasteiger partial charge on any atom is 0.216 e. The van der Waals surface area contributed by atoms with Gasteiger partial charge in [-0.25, -0.2) is 4.98 Å². The summed E-state index contributed by atoms with van der Waals surface area (Å²) in [6, 6.07) is 3.66. The van der Waals surface area contributed by atoms with E-state index in [4.69, 9.17) is 4.42 Å². The van der Waals surface area contributed by atoms with Gasteiger partial charge >= 0.3 is 0 Å². The van der Waals surface area contributed by atoms with Crippen molar-refractivity contribution in [2.45, 2.75) is 32.7 Å². The zero-order chi connectivity index (χ0) is 20.1. The lowest BCUT2D eigenvalue weighted by Gasteiger charge is -2.22. The molecule has 0 aliphatic rings. The van der Waals surface area contributed by atoms with Crippen molar-refractivity contribution < 1.29 is 4.42 Å². The number of nitrogens with one attached hydrogen (secondary N) is 2. The lowest BCUT2D eigenvalue weighted by Crippen LogP contribution is -2.39. The second kappa shape index (κ2) is 10.4. The molecular weight excluding hydrogens is 483 g/mol. The van der Waals surface area contributed by atoms with Gasteiger partial charge in [-0.15, -0.1) is 24.0 Å². The third-order valence-corrected chi connectivity index (χ3v) is 4.38. The Bertz CT molecular complexity index is 913. The van der Waals surface area contributed by atoms with E-state index in [2.05, 4.69) is 55.5 Å². The maximum absolute atomic E-state index is 5.32. The first-order chi connectivity index (χ1) is 13.5. The number of nitrogens with zero attached hydrogens (tertiary/aromatic N) is 6. The van der Waals surface area contributed by atoms with E-state index in [9.17, 15) is 0 Å². The fraction of sp³-hybridized carbons (Fsp3) is 0.474. The van der Waals surface area contributed by atoms with Crippen LogP contribution in [0.3, 0.4) is 0 Å². The first-order valence-electron chi connectivity index (χ1n) is 9.37. The van der Waals surface area contributed by atoms with Crippen LogP contribution in [0.5, 0.6) is 0 Å². The van der Waals surface area contributed by atoms with Crippen LogP contribution < -0.4 is 5.32 Å². The summed E-state index contributed by atoms with van der Waals surface area (Å²) in [5.74, 6) is 3.23. The third kappa shape index (κ3) is 5.81. The summed E-state index contributed by atoms with van der Waals surface area (Å²) in [6.07, 6.45) is 4.38. The Balaban J connectivity index is 0.00000300. The average molecular weight is 512 g/mol. The van der Waals surface area contributed by atoms with Gasteiger partial charge in [0.2, 0.25) is 5.82 Å². The minimum Gasteiger partial charge on any atom is -0.461 e. The minimum atomic E-state index is 0. The Morgan fingerprint density at radius 1 is 1.41 bits per heavy atom. The lowest BCUT2D eigenvalue weighted by atomic mass is 10.1. The van der Waals surface area contributed by atoms with Crippen molar-refractivity contribution in [2.75, 3.05) is 20.6 Å². The number of guanidine groups is 1. The van der Waals surface area contributed by atoms with Gasteiger partial charge in [-0.3, -0.25) is 14.8 Å². The zero-order valence-electron chi connectivity index (χ0n) is 17.5. The number of hydrogen-bond acceptors (Lipinski definition) is 5. The van der Waals surface area contributed by atoms with Crippen LogP contribution in [0.1, 0.15) is 36.8 Å². The molecule has 0 amide bonds. The number of halogens is 1. The van der Waals surface area contributed by atoms with Gasteiger partial charge in [0.25, 0.3) is 0 Å². The number of aliphatic imine (C=N–C) groups is 1. The fourth-order valence-corrected chi connectivity index (χ4v) is 3.09. The third-order valence-electron chi connectivity index (χ3n) is 4.38. The molecule has 0 saturated heterocycles. The molecule has 0 unspecified atom stereocenters. The van der Waals surface area contributed by atoms with E-state index in [0.29, 0.717) is 30.5 Å². The molecular formula is C19H29IN8O. The molecule has 0 atom stereocenters. The zero-order valence-corrected chi connectivity index (χ0v) is 19.8. The molecule has 9 nitrogen and oxygen atoms in total. The molecule has 0 radical (unpaired) electrons. The second-order valence-electron chi connectivity index (χ2n) is 7.03. The number of furan rings is 1. The molecule has 158 valence electrons. The topological polar surface area (TPSA) is 100 Å². The molecule has 3 rings (SSSR count). The predicted octanol–water partition coefficient (Wildman–Crippen LogP) is 2.79. The SMILES string of the molecule is CN=C(NCCc1nc(-c2ccco2)n[nH]1)N(C)Cc1cn(C)nc1C(C)C.I. The summed E-state index contributed by atoms with van der Waals surface area (Å²) < 4.78 is 7.19. The molecule has 29 heavy (non-hydrogen) atoms. The van der Waals surface area contributed by atoms with Crippen LogP contribution in [-0.4, -0.2) is 56.5 Å². The fourth-order valence-electron chi connectivity index (χ4n) is 3.09. The van der Waals surface area contributed by atoms with Gasteiger partial charge in [-0.2, -0.15) is 10.2 Å². The van der Waals surface area contributed by atoms with Gasteiger partial charge in [0.15, 0.2) is 11.7 Å². The maximum atomic E-state index is 5.32. The van der Waals surface area contributed by atoms with E-state index >= 15 is 0 Å². The summed E-state index contributed by atoms with van der Waals surface area (Å²) >= 11 is 0. The Labute approximate surface area is 188 Å². The molecule has 3 aromatic heterocycles. The monoisotopic (exact) mass is 512 g/mol. The Hall–Kier alpha value is -2.37. The van der Waals surface area contributed by atoms with Gasteiger partial charge in [0.05, 0.1) is 12.0 Å². The summed E-state index contributed by atoms with van der Waals surface area (Å²) in [5.41, 5.74) is 2.33. The molecule has 0 bridgehead atoms. The van der Waals surface area contributed by atoms with Crippen molar-refractivity contribution in [2.24, 2.45) is 12.0 Å². The summed E-state index contributed by atoms with van der Waals surface area (Å²) in [7, 11) is 5.77. The number of rotatable bonds is 7. The highest BCUT2D eigenvalue weighted by Crippen LogP contribution is 2.18. The van der Waals surface area contributed by atoms with Crippen molar-refractivity contribution in [1.29, 1.82) is 0 Å². The molecule has 0 aliphatic heterocycles. The van der Waals surface area contributed by atoms with Gasteiger partial charge in [0, 0.05) is 52.4 Å². The van der Waals surface area contributed by atoms with Crippen molar-refractivity contribution in [3.63, 3.8) is 0 Å². The van der Waals surface area contributed by atoms with Crippen LogP contribution in [0.4, 0.5) is 0 Å². The van der Waals surface area contributed by atoms with Gasteiger partial charge in [-0.1, -0.05) is 13.8 Å². The Morgan fingerprint density at radius 3 is 2.86 bits per heavy atom. The molecule has 3 aromatic rings. The Morgan fingerprint density at radius 2 is 2.21 bits per heavy atom. The van der Waals surface area contributed by atoms with Crippen molar-refractivity contribution in [1.82, 2.24) is 35.2 Å². The average Bonchev–Trinajstić information content (AvgIpc) is 3.39. The molecule has 0 saturated carbocycles. The van der Waals surface area contributed by atoms with Crippen molar-refractivity contribution in [3.8, 4) is 11.6 Å². The van der Waals surface area contributed by atoms with Gasteiger partial charge in [0.1, 0.15) is 5.82 Å². The van der Waals surface area contributed by atoms with E-state index in [1.807, 2.05) is 30.9 Å². The molecule has 3 heterocycles. The van der Waals surface area contributed by atoms with Gasteiger partial charge < -0.3 is 14.6 Å². The van der Waals surface area contributed by atoms with E-state index < -0.39 is 0 Å². The van der Waals surface area contributed by atoms with E-state index in [-0.39, 0.29) is 24.0 Å². The normalized spacial score (nSPS) is 11.6. The molecule has 0 aliphatic carbocycles. The van der Waals surface area contributed by atoms with Crippen molar-refractivity contribution >= 4 is 29.9 Å². The van der Waals surface area contributed by atoms with E-state index in [1.54, 1.807) is 13.3 Å². The predicted molar refractivity (Wildman–Crippen MR) is 123 cm³/mol. The molecule has 2 N–H and O–H groups in total. The smallest absolute Gasteiger partial charge is 0.216 e. The summed E-state index contributed by atoms with van der Waals surface area (Å²) in [6.45, 7) is 5.75. The number of aryl methyl sites for hydroxylation is 1. The van der Waals surface area contributed by atoms with Crippen LogP contribution in [-0.2, 0) is 20.0 Å². The largest absolute Gasteiger partial charge is 0.461 e.